The minimum absolute atomic E-state index is 0.494. The molecule has 1 aliphatic rings. The topological polar surface area (TPSA) is 44.9 Å². The predicted molar refractivity (Wildman–Crippen MR) is 72.3 cm³/mol. The molecule has 3 rings (SSSR count). The van der Waals surface area contributed by atoms with E-state index in [4.69, 9.17) is 5.26 Å². The summed E-state index contributed by atoms with van der Waals surface area (Å²) in [4.78, 5) is 2.44. The molecule has 2 heterocycles. The molecule has 19 heavy (non-hydrogen) atoms. The monoisotopic (exact) mass is 252 g/mol. The molecular weight excluding hydrogens is 236 g/mol. The first-order chi connectivity index (χ1) is 9.35. The molecule has 1 atom stereocenters. The Morgan fingerprint density at radius 1 is 1.32 bits per heavy atom. The standard InChI is InChI=1S/C15H16N4/c16-10-13-2-4-14(5-3-13)11-18-9-6-15(12-18)19-8-1-7-17-19/h1-5,7-8,15H,6,9,11-12H2. The lowest BCUT2D eigenvalue weighted by Gasteiger charge is -2.16. The van der Waals surface area contributed by atoms with Crippen molar-refractivity contribution in [2.75, 3.05) is 13.1 Å². The van der Waals surface area contributed by atoms with E-state index in [-0.39, 0.29) is 0 Å². The second kappa shape index (κ2) is 5.25. The molecule has 0 radical (unpaired) electrons. The highest BCUT2D eigenvalue weighted by Crippen LogP contribution is 2.22. The van der Waals surface area contributed by atoms with Crippen molar-refractivity contribution >= 4 is 0 Å². The molecule has 0 saturated carbocycles. The van der Waals surface area contributed by atoms with E-state index in [9.17, 15) is 0 Å². The quantitative estimate of drug-likeness (QED) is 0.841. The van der Waals surface area contributed by atoms with Gasteiger partial charge in [0.25, 0.3) is 0 Å². The van der Waals surface area contributed by atoms with Crippen molar-refractivity contribution in [2.24, 2.45) is 0 Å². The molecule has 1 saturated heterocycles. The molecule has 0 amide bonds. The normalized spacial score (nSPS) is 19.4. The van der Waals surface area contributed by atoms with Crippen molar-refractivity contribution in [1.82, 2.24) is 14.7 Å². The fourth-order valence-electron chi connectivity index (χ4n) is 2.61. The van der Waals surface area contributed by atoms with Crippen LogP contribution in [0.25, 0.3) is 0 Å². The van der Waals surface area contributed by atoms with Crippen LogP contribution in [0, 0.1) is 11.3 Å². The van der Waals surface area contributed by atoms with Gasteiger partial charge in [0.2, 0.25) is 0 Å². The van der Waals surface area contributed by atoms with Crippen LogP contribution in [0.1, 0.15) is 23.6 Å². The third kappa shape index (κ3) is 2.67. The second-order valence-electron chi connectivity index (χ2n) is 4.97. The number of benzene rings is 1. The number of rotatable bonds is 3. The first-order valence-corrected chi connectivity index (χ1v) is 6.55. The Hall–Kier alpha value is -2.12. The number of nitrogens with zero attached hydrogens (tertiary/aromatic N) is 4. The van der Waals surface area contributed by atoms with Crippen LogP contribution in [0.4, 0.5) is 0 Å². The SMILES string of the molecule is N#Cc1ccc(CN2CCC(n3cccn3)C2)cc1. The van der Waals surface area contributed by atoms with Crippen LogP contribution in [0.15, 0.2) is 42.7 Å². The van der Waals surface area contributed by atoms with Crippen molar-refractivity contribution in [3.63, 3.8) is 0 Å². The molecule has 1 fully saturated rings. The smallest absolute Gasteiger partial charge is 0.0991 e. The Kier molecular flexibility index (Phi) is 3.30. The highest BCUT2D eigenvalue weighted by Gasteiger charge is 2.23. The van der Waals surface area contributed by atoms with Crippen LogP contribution < -0.4 is 0 Å². The van der Waals surface area contributed by atoms with Crippen molar-refractivity contribution in [2.45, 2.75) is 19.0 Å². The van der Waals surface area contributed by atoms with Crippen LogP contribution in [-0.2, 0) is 6.54 Å². The molecule has 96 valence electrons. The van der Waals surface area contributed by atoms with E-state index in [1.165, 1.54) is 5.56 Å². The summed E-state index contributed by atoms with van der Waals surface area (Å²) >= 11 is 0. The van der Waals surface area contributed by atoms with E-state index < -0.39 is 0 Å². The number of likely N-dealkylation sites (tertiary alicyclic amines) is 1. The molecule has 1 aromatic heterocycles. The fraction of sp³-hybridized carbons (Fsp3) is 0.333. The summed E-state index contributed by atoms with van der Waals surface area (Å²) in [5.74, 6) is 0. The van der Waals surface area contributed by atoms with Gasteiger partial charge in [0.05, 0.1) is 17.7 Å². The predicted octanol–water partition coefficient (Wildman–Crippen LogP) is 2.20. The van der Waals surface area contributed by atoms with Gasteiger partial charge in [-0.15, -0.1) is 0 Å². The van der Waals surface area contributed by atoms with Crippen LogP contribution >= 0.6 is 0 Å². The number of hydrogen-bond acceptors (Lipinski definition) is 3. The van der Waals surface area contributed by atoms with Crippen LogP contribution in [0.5, 0.6) is 0 Å². The lowest BCUT2D eigenvalue weighted by atomic mass is 10.1. The summed E-state index contributed by atoms with van der Waals surface area (Å²) in [6.07, 6.45) is 5.02. The lowest BCUT2D eigenvalue weighted by molar-refractivity contribution is 0.312. The Labute approximate surface area is 112 Å². The maximum atomic E-state index is 8.78. The van der Waals surface area contributed by atoms with Gasteiger partial charge in [0.1, 0.15) is 0 Å². The molecule has 1 unspecified atom stereocenters. The Bertz CT molecular complexity index is 565. The maximum Gasteiger partial charge on any atom is 0.0991 e. The summed E-state index contributed by atoms with van der Waals surface area (Å²) < 4.78 is 2.05. The average molecular weight is 252 g/mol. The molecule has 1 aromatic carbocycles. The minimum Gasteiger partial charge on any atom is -0.297 e. The second-order valence-corrected chi connectivity index (χ2v) is 4.97. The first kappa shape index (κ1) is 11.9. The maximum absolute atomic E-state index is 8.78. The van der Waals surface area contributed by atoms with Gasteiger partial charge in [0, 0.05) is 32.0 Å². The molecule has 1 aliphatic heterocycles. The van der Waals surface area contributed by atoms with Crippen LogP contribution in [-0.4, -0.2) is 27.8 Å². The number of hydrogen-bond donors (Lipinski definition) is 0. The van der Waals surface area contributed by atoms with Crippen LogP contribution in [0.3, 0.4) is 0 Å². The van der Waals surface area contributed by atoms with E-state index in [0.717, 1.165) is 31.6 Å². The fourth-order valence-corrected chi connectivity index (χ4v) is 2.61. The van der Waals surface area contributed by atoms with Gasteiger partial charge < -0.3 is 0 Å². The van der Waals surface area contributed by atoms with E-state index in [1.54, 1.807) is 0 Å². The van der Waals surface area contributed by atoms with Gasteiger partial charge in [-0.25, -0.2) is 0 Å². The zero-order valence-electron chi connectivity index (χ0n) is 10.7. The van der Waals surface area contributed by atoms with Crippen molar-refractivity contribution < 1.29 is 0 Å². The number of aromatic nitrogens is 2. The van der Waals surface area contributed by atoms with Gasteiger partial charge >= 0.3 is 0 Å². The van der Waals surface area contributed by atoms with Crippen LogP contribution in [0.2, 0.25) is 0 Å². The third-order valence-corrected chi connectivity index (χ3v) is 3.64. The van der Waals surface area contributed by atoms with Crippen molar-refractivity contribution in [3.05, 3.63) is 53.9 Å². The summed E-state index contributed by atoms with van der Waals surface area (Å²) in [5, 5.41) is 13.1. The van der Waals surface area contributed by atoms with E-state index >= 15 is 0 Å². The van der Waals surface area contributed by atoms with E-state index in [0.29, 0.717) is 6.04 Å². The van der Waals surface area contributed by atoms with Crippen molar-refractivity contribution in [1.29, 1.82) is 5.26 Å². The third-order valence-electron chi connectivity index (χ3n) is 3.64. The van der Waals surface area contributed by atoms with Gasteiger partial charge in [-0.3, -0.25) is 9.58 Å². The average Bonchev–Trinajstić information content (AvgIpc) is 3.10. The Morgan fingerprint density at radius 2 is 2.16 bits per heavy atom. The van der Waals surface area contributed by atoms with Gasteiger partial charge in [0.15, 0.2) is 0 Å². The zero-order valence-corrected chi connectivity index (χ0v) is 10.7. The molecule has 0 N–H and O–H groups in total. The van der Waals surface area contributed by atoms with Crippen molar-refractivity contribution in [3.8, 4) is 6.07 Å². The molecule has 4 heteroatoms. The minimum atomic E-state index is 0.494. The van der Waals surface area contributed by atoms with E-state index in [1.807, 2.05) is 42.7 Å². The summed E-state index contributed by atoms with van der Waals surface area (Å²) in [6, 6.07) is 12.5. The Balaban J connectivity index is 1.61. The molecule has 2 aromatic rings. The highest BCUT2D eigenvalue weighted by molar-refractivity contribution is 5.31. The highest BCUT2D eigenvalue weighted by atomic mass is 15.3. The number of nitriles is 1. The van der Waals surface area contributed by atoms with Gasteiger partial charge in [-0.1, -0.05) is 12.1 Å². The Morgan fingerprint density at radius 3 is 2.84 bits per heavy atom. The summed E-state index contributed by atoms with van der Waals surface area (Å²) in [6.45, 7) is 3.09. The molecule has 4 nitrogen and oxygen atoms in total. The molecule has 0 spiro atoms. The summed E-state index contributed by atoms with van der Waals surface area (Å²) in [7, 11) is 0. The van der Waals surface area contributed by atoms with E-state index in [2.05, 4.69) is 20.7 Å². The van der Waals surface area contributed by atoms with Gasteiger partial charge in [-0.2, -0.15) is 10.4 Å². The van der Waals surface area contributed by atoms with Gasteiger partial charge in [-0.05, 0) is 30.2 Å². The first-order valence-electron chi connectivity index (χ1n) is 6.55. The molecule has 0 bridgehead atoms. The largest absolute Gasteiger partial charge is 0.297 e. The molecular formula is C15H16N4. The molecule has 0 aliphatic carbocycles. The lowest BCUT2D eigenvalue weighted by Crippen LogP contribution is -2.21. The zero-order chi connectivity index (χ0) is 13.1. The summed E-state index contributed by atoms with van der Waals surface area (Å²) in [5.41, 5.74) is 1.99.